The topological polar surface area (TPSA) is 51.2 Å². The van der Waals surface area contributed by atoms with Crippen LogP contribution in [0.3, 0.4) is 0 Å². The van der Waals surface area contributed by atoms with Crippen LogP contribution in [0.5, 0.6) is 5.88 Å². The predicted octanol–water partition coefficient (Wildman–Crippen LogP) is 4.22. The smallest absolute Gasteiger partial charge is 0.417 e. The van der Waals surface area contributed by atoms with Crippen LogP contribution in [0.25, 0.3) is 0 Å². The van der Waals surface area contributed by atoms with Crippen molar-refractivity contribution >= 4 is 5.91 Å². The number of rotatable bonds is 4. The number of carbonyl (C=O) groups is 1. The highest BCUT2D eigenvalue weighted by atomic mass is 19.4. The molecule has 138 valence electrons. The normalized spacial score (nSPS) is 20.4. The number of hydrogen-bond donors (Lipinski definition) is 1. The Hall–Kier alpha value is -2.57. The average Bonchev–Trinajstić information content (AvgIpc) is 2.64. The van der Waals surface area contributed by atoms with E-state index in [-0.39, 0.29) is 23.9 Å². The monoisotopic (exact) mass is 364 g/mol. The van der Waals surface area contributed by atoms with Crippen LogP contribution in [-0.4, -0.2) is 23.0 Å². The van der Waals surface area contributed by atoms with Crippen molar-refractivity contribution in [3.63, 3.8) is 0 Å². The molecular formula is C19H19F3N2O2. The molecule has 0 radical (unpaired) electrons. The number of alkyl halides is 3. The Morgan fingerprint density at radius 1 is 1.04 bits per heavy atom. The summed E-state index contributed by atoms with van der Waals surface area (Å²) in [4.78, 5) is 15.9. The van der Waals surface area contributed by atoms with E-state index in [0.717, 1.165) is 25.1 Å². The Labute approximate surface area is 149 Å². The van der Waals surface area contributed by atoms with Gasteiger partial charge in [0.25, 0.3) is 5.91 Å². The van der Waals surface area contributed by atoms with Crippen LogP contribution in [-0.2, 0) is 6.18 Å². The van der Waals surface area contributed by atoms with Crippen LogP contribution < -0.4 is 10.1 Å². The molecule has 2 aromatic rings. The lowest BCUT2D eigenvalue weighted by molar-refractivity contribution is -0.137. The van der Waals surface area contributed by atoms with Crippen molar-refractivity contribution in [3.05, 3.63) is 59.8 Å². The van der Waals surface area contributed by atoms with Gasteiger partial charge in [0.1, 0.15) is 6.10 Å². The Balaban J connectivity index is 1.47. The van der Waals surface area contributed by atoms with E-state index in [4.69, 9.17) is 4.74 Å². The maximum Gasteiger partial charge on any atom is 0.417 e. The number of halogens is 3. The second-order valence-corrected chi connectivity index (χ2v) is 6.31. The van der Waals surface area contributed by atoms with Gasteiger partial charge in [-0.1, -0.05) is 18.2 Å². The summed E-state index contributed by atoms with van der Waals surface area (Å²) in [6, 6.07) is 11.3. The molecule has 1 saturated carbocycles. The van der Waals surface area contributed by atoms with Crippen molar-refractivity contribution in [1.29, 1.82) is 0 Å². The first-order valence-corrected chi connectivity index (χ1v) is 8.47. The molecular weight excluding hydrogens is 345 g/mol. The van der Waals surface area contributed by atoms with Crippen LogP contribution in [0.15, 0.2) is 48.7 Å². The molecule has 1 aromatic heterocycles. The van der Waals surface area contributed by atoms with E-state index < -0.39 is 11.7 Å². The molecule has 1 N–H and O–H groups in total. The van der Waals surface area contributed by atoms with Gasteiger partial charge in [0.2, 0.25) is 5.88 Å². The van der Waals surface area contributed by atoms with Crippen molar-refractivity contribution in [3.8, 4) is 5.88 Å². The van der Waals surface area contributed by atoms with Crippen molar-refractivity contribution in [2.75, 3.05) is 0 Å². The van der Waals surface area contributed by atoms with E-state index in [1.54, 1.807) is 12.1 Å². The standard InChI is InChI=1S/C19H19F3N2O2/c20-19(21,22)14-6-11-17(23-12-14)26-16-9-7-15(8-10-16)24-18(25)13-4-2-1-3-5-13/h1-6,11-12,15-16H,7-10H2,(H,24,25). The molecule has 3 rings (SSSR count). The Morgan fingerprint density at radius 3 is 2.31 bits per heavy atom. The number of pyridine rings is 1. The molecule has 1 aromatic carbocycles. The second kappa shape index (κ2) is 7.76. The SMILES string of the molecule is O=C(NC1CCC(Oc2ccc(C(F)(F)F)cn2)CC1)c1ccccc1. The number of benzene rings is 1. The van der Waals surface area contributed by atoms with Crippen LogP contribution >= 0.6 is 0 Å². The van der Waals surface area contributed by atoms with Gasteiger partial charge in [0, 0.05) is 23.9 Å². The molecule has 0 atom stereocenters. The highest BCUT2D eigenvalue weighted by molar-refractivity contribution is 5.94. The molecule has 26 heavy (non-hydrogen) atoms. The summed E-state index contributed by atoms with van der Waals surface area (Å²) < 4.78 is 43.3. The third-order valence-corrected chi connectivity index (χ3v) is 4.40. The van der Waals surface area contributed by atoms with Gasteiger partial charge < -0.3 is 10.1 Å². The van der Waals surface area contributed by atoms with Gasteiger partial charge in [0.05, 0.1) is 5.56 Å². The van der Waals surface area contributed by atoms with E-state index in [0.29, 0.717) is 18.4 Å². The molecule has 1 aliphatic carbocycles. The van der Waals surface area contributed by atoms with E-state index in [9.17, 15) is 18.0 Å². The number of nitrogens with zero attached hydrogens (tertiary/aromatic N) is 1. The van der Waals surface area contributed by atoms with Gasteiger partial charge in [0.15, 0.2) is 0 Å². The summed E-state index contributed by atoms with van der Waals surface area (Å²) in [5.41, 5.74) is -0.169. The minimum absolute atomic E-state index is 0.0723. The zero-order valence-corrected chi connectivity index (χ0v) is 14.0. The highest BCUT2D eigenvalue weighted by Crippen LogP contribution is 2.30. The predicted molar refractivity (Wildman–Crippen MR) is 89.8 cm³/mol. The fourth-order valence-electron chi connectivity index (χ4n) is 2.97. The van der Waals surface area contributed by atoms with Gasteiger partial charge in [-0.25, -0.2) is 4.98 Å². The summed E-state index contributed by atoms with van der Waals surface area (Å²) in [5, 5.41) is 3.01. The van der Waals surface area contributed by atoms with E-state index >= 15 is 0 Å². The summed E-state index contributed by atoms with van der Waals surface area (Å²) >= 11 is 0. The van der Waals surface area contributed by atoms with Crippen LogP contribution in [0.1, 0.15) is 41.6 Å². The maximum atomic E-state index is 12.5. The Bertz CT molecular complexity index is 725. The van der Waals surface area contributed by atoms with Gasteiger partial charge in [-0.05, 0) is 43.9 Å². The zero-order chi connectivity index (χ0) is 18.6. The minimum Gasteiger partial charge on any atom is -0.474 e. The summed E-state index contributed by atoms with van der Waals surface area (Å²) in [6.45, 7) is 0. The van der Waals surface area contributed by atoms with Gasteiger partial charge in [-0.3, -0.25) is 4.79 Å². The lowest BCUT2D eigenvalue weighted by Crippen LogP contribution is -2.39. The van der Waals surface area contributed by atoms with Crippen molar-refractivity contribution in [2.45, 2.75) is 44.0 Å². The number of ether oxygens (including phenoxy) is 1. The largest absolute Gasteiger partial charge is 0.474 e. The molecule has 0 saturated heterocycles. The number of amides is 1. The minimum atomic E-state index is -4.40. The molecule has 0 bridgehead atoms. The van der Waals surface area contributed by atoms with E-state index in [1.807, 2.05) is 18.2 Å². The molecule has 4 nitrogen and oxygen atoms in total. The molecule has 1 heterocycles. The Morgan fingerprint density at radius 2 is 1.73 bits per heavy atom. The molecule has 1 aliphatic rings. The van der Waals surface area contributed by atoms with Crippen LogP contribution in [0.4, 0.5) is 13.2 Å². The molecule has 0 unspecified atom stereocenters. The fourth-order valence-corrected chi connectivity index (χ4v) is 2.97. The first-order chi connectivity index (χ1) is 12.4. The van der Waals surface area contributed by atoms with E-state index in [1.165, 1.54) is 6.07 Å². The molecule has 1 fully saturated rings. The van der Waals surface area contributed by atoms with E-state index in [2.05, 4.69) is 10.3 Å². The summed E-state index contributed by atoms with van der Waals surface area (Å²) in [6.07, 6.45) is -0.802. The van der Waals surface area contributed by atoms with Crippen molar-refractivity contribution < 1.29 is 22.7 Å². The molecule has 0 spiro atoms. The second-order valence-electron chi connectivity index (χ2n) is 6.31. The number of nitrogens with one attached hydrogen (secondary N) is 1. The summed E-state index contributed by atoms with van der Waals surface area (Å²) in [7, 11) is 0. The quantitative estimate of drug-likeness (QED) is 0.884. The summed E-state index contributed by atoms with van der Waals surface area (Å²) in [5.74, 6) is 0.0918. The van der Waals surface area contributed by atoms with Crippen molar-refractivity contribution in [2.24, 2.45) is 0 Å². The third-order valence-electron chi connectivity index (χ3n) is 4.40. The lowest BCUT2D eigenvalue weighted by atomic mass is 9.92. The first-order valence-electron chi connectivity index (χ1n) is 8.47. The number of hydrogen-bond acceptors (Lipinski definition) is 3. The number of carbonyl (C=O) groups excluding carboxylic acids is 1. The molecule has 0 aliphatic heterocycles. The van der Waals surface area contributed by atoms with Crippen LogP contribution in [0.2, 0.25) is 0 Å². The number of aromatic nitrogens is 1. The third kappa shape index (κ3) is 4.74. The maximum absolute atomic E-state index is 12.5. The lowest BCUT2D eigenvalue weighted by Gasteiger charge is -2.29. The fraction of sp³-hybridized carbons (Fsp3) is 0.368. The highest BCUT2D eigenvalue weighted by Gasteiger charge is 2.31. The van der Waals surface area contributed by atoms with Gasteiger partial charge in [-0.2, -0.15) is 13.2 Å². The zero-order valence-electron chi connectivity index (χ0n) is 14.0. The van der Waals surface area contributed by atoms with Gasteiger partial charge >= 0.3 is 6.18 Å². The van der Waals surface area contributed by atoms with Crippen molar-refractivity contribution in [1.82, 2.24) is 10.3 Å². The van der Waals surface area contributed by atoms with Gasteiger partial charge in [-0.15, -0.1) is 0 Å². The average molecular weight is 364 g/mol. The van der Waals surface area contributed by atoms with Crippen LogP contribution in [0, 0.1) is 0 Å². The first kappa shape index (κ1) is 18.2. The molecule has 1 amide bonds. The molecule has 7 heteroatoms. The Kier molecular flexibility index (Phi) is 5.44.